The fourth-order valence-electron chi connectivity index (χ4n) is 2.86. The summed E-state index contributed by atoms with van der Waals surface area (Å²) in [4.78, 5) is 2.47. The predicted octanol–water partition coefficient (Wildman–Crippen LogP) is 3.10. The Morgan fingerprint density at radius 2 is 1.90 bits per heavy atom. The van der Waals surface area contributed by atoms with Crippen LogP contribution in [0.4, 0.5) is 5.69 Å². The van der Waals surface area contributed by atoms with Gasteiger partial charge in [-0.05, 0) is 42.6 Å². The number of hydrogen-bond acceptors (Lipinski definition) is 3. The van der Waals surface area contributed by atoms with E-state index in [1.165, 1.54) is 24.0 Å². The summed E-state index contributed by atoms with van der Waals surface area (Å²) in [6, 6.07) is 16.4. The fraction of sp³-hybridized carbons (Fsp3) is 0.333. The first kappa shape index (κ1) is 14.0. The van der Waals surface area contributed by atoms with Gasteiger partial charge in [0.15, 0.2) is 0 Å². The summed E-state index contributed by atoms with van der Waals surface area (Å²) in [5.41, 5.74) is 9.46. The van der Waals surface area contributed by atoms with Crippen molar-refractivity contribution in [2.45, 2.75) is 19.4 Å². The van der Waals surface area contributed by atoms with Crippen LogP contribution >= 0.6 is 0 Å². The van der Waals surface area contributed by atoms with E-state index in [0.29, 0.717) is 6.61 Å². The van der Waals surface area contributed by atoms with Gasteiger partial charge in [-0.1, -0.05) is 30.3 Å². The van der Waals surface area contributed by atoms with Gasteiger partial charge < -0.3 is 10.5 Å². The highest BCUT2D eigenvalue weighted by Gasteiger charge is 2.13. The van der Waals surface area contributed by atoms with Crippen LogP contribution in [-0.2, 0) is 13.0 Å². The van der Waals surface area contributed by atoms with E-state index in [1.807, 2.05) is 24.3 Å². The van der Waals surface area contributed by atoms with Crippen LogP contribution in [0, 0.1) is 0 Å². The van der Waals surface area contributed by atoms with E-state index in [0.717, 1.165) is 31.1 Å². The van der Waals surface area contributed by atoms with Crippen molar-refractivity contribution in [2.24, 2.45) is 0 Å². The molecule has 0 bridgehead atoms. The largest absolute Gasteiger partial charge is 0.492 e. The number of ether oxygens (including phenoxy) is 1. The highest BCUT2D eigenvalue weighted by atomic mass is 16.5. The number of hydrogen-bond donors (Lipinski definition) is 1. The number of anilines is 1. The predicted molar refractivity (Wildman–Crippen MR) is 86.4 cm³/mol. The van der Waals surface area contributed by atoms with E-state index >= 15 is 0 Å². The van der Waals surface area contributed by atoms with Gasteiger partial charge in [0.25, 0.3) is 0 Å². The smallest absolute Gasteiger partial charge is 0.121 e. The summed E-state index contributed by atoms with van der Waals surface area (Å²) in [5, 5.41) is 0. The lowest BCUT2D eigenvalue weighted by atomic mass is 10.0. The van der Waals surface area contributed by atoms with Crippen molar-refractivity contribution in [3.8, 4) is 5.75 Å². The zero-order chi connectivity index (χ0) is 14.5. The normalized spacial score (nSPS) is 15.2. The number of nitrogens with zero attached hydrogens (tertiary/aromatic N) is 1. The van der Waals surface area contributed by atoms with E-state index in [4.69, 9.17) is 10.5 Å². The van der Waals surface area contributed by atoms with Crippen LogP contribution in [0.5, 0.6) is 5.75 Å². The van der Waals surface area contributed by atoms with Gasteiger partial charge in [0.2, 0.25) is 0 Å². The molecule has 0 unspecified atom stereocenters. The molecule has 21 heavy (non-hydrogen) atoms. The van der Waals surface area contributed by atoms with Gasteiger partial charge in [0, 0.05) is 24.8 Å². The third kappa shape index (κ3) is 3.76. The van der Waals surface area contributed by atoms with Crippen LogP contribution in [0.3, 0.4) is 0 Å². The van der Waals surface area contributed by atoms with Gasteiger partial charge in [0.1, 0.15) is 12.4 Å². The Balaban J connectivity index is 1.54. The molecule has 0 saturated carbocycles. The van der Waals surface area contributed by atoms with E-state index in [9.17, 15) is 0 Å². The minimum Gasteiger partial charge on any atom is -0.492 e. The Labute approximate surface area is 126 Å². The summed E-state index contributed by atoms with van der Waals surface area (Å²) in [7, 11) is 0. The third-order valence-electron chi connectivity index (χ3n) is 3.97. The zero-order valence-electron chi connectivity index (χ0n) is 12.3. The highest BCUT2D eigenvalue weighted by molar-refractivity contribution is 5.43. The van der Waals surface area contributed by atoms with Crippen LogP contribution in [0.2, 0.25) is 0 Å². The average molecular weight is 282 g/mol. The Morgan fingerprint density at radius 3 is 2.76 bits per heavy atom. The van der Waals surface area contributed by atoms with Gasteiger partial charge in [0.05, 0.1) is 0 Å². The minimum atomic E-state index is 0.700. The molecule has 0 atom stereocenters. The molecule has 0 saturated heterocycles. The molecular formula is C18H22N2O. The maximum absolute atomic E-state index is 5.80. The minimum absolute atomic E-state index is 0.700. The second-order valence-electron chi connectivity index (χ2n) is 5.57. The molecule has 3 rings (SSSR count). The van der Waals surface area contributed by atoms with Crippen molar-refractivity contribution in [3.63, 3.8) is 0 Å². The van der Waals surface area contributed by atoms with Gasteiger partial charge in [-0.3, -0.25) is 4.90 Å². The first-order valence-electron chi connectivity index (χ1n) is 7.59. The van der Waals surface area contributed by atoms with E-state index in [2.05, 4.69) is 29.2 Å². The van der Waals surface area contributed by atoms with Crippen LogP contribution in [0.15, 0.2) is 48.5 Å². The molecule has 0 amide bonds. The molecule has 0 radical (unpaired) electrons. The molecule has 2 aromatic carbocycles. The molecule has 3 heteroatoms. The molecule has 0 aromatic heterocycles. The van der Waals surface area contributed by atoms with Crippen molar-refractivity contribution in [1.82, 2.24) is 4.90 Å². The molecule has 1 aliphatic rings. The van der Waals surface area contributed by atoms with E-state index in [1.54, 1.807) is 0 Å². The first-order valence-corrected chi connectivity index (χ1v) is 7.59. The molecule has 0 aliphatic carbocycles. The summed E-state index contributed by atoms with van der Waals surface area (Å²) >= 11 is 0. The summed E-state index contributed by atoms with van der Waals surface area (Å²) in [6.45, 7) is 3.81. The molecule has 1 heterocycles. The Bertz CT molecular complexity index is 597. The molecule has 1 aliphatic heterocycles. The van der Waals surface area contributed by atoms with Crippen LogP contribution in [-0.4, -0.2) is 24.6 Å². The molecular weight excluding hydrogens is 260 g/mol. The van der Waals surface area contributed by atoms with Gasteiger partial charge >= 0.3 is 0 Å². The molecule has 3 nitrogen and oxygen atoms in total. The first-order chi connectivity index (χ1) is 10.3. The summed E-state index contributed by atoms with van der Waals surface area (Å²) in [6.07, 6.45) is 2.40. The highest BCUT2D eigenvalue weighted by Crippen LogP contribution is 2.18. The van der Waals surface area contributed by atoms with Crippen molar-refractivity contribution >= 4 is 5.69 Å². The Kier molecular flexibility index (Phi) is 4.41. The molecule has 0 spiro atoms. The monoisotopic (exact) mass is 282 g/mol. The lowest BCUT2D eigenvalue weighted by Gasteiger charge is -2.20. The number of fused-ring (bicyclic) bond motifs is 1. The van der Waals surface area contributed by atoms with Gasteiger partial charge in [-0.15, -0.1) is 0 Å². The maximum Gasteiger partial charge on any atom is 0.121 e. The Hall–Kier alpha value is -2.00. The molecule has 110 valence electrons. The second kappa shape index (κ2) is 6.64. The zero-order valence-corrected chi connectivity index (χ0v) is 12.3. The summed E-state index contributed by atoms with van der Waals surface area (Å²) in [5.74, 6) is 0.852. The SMILES string of the molecule is Nc1cccc(OCCN2CCCc3ccccc3C2)c1. The Morgan fingerprint density at radius 1 is 1.05 bits per heavy atom. The van der Waals surface area contributed by atoms with Gasteiger partial charge in [-0.2, -0.15) is 0 Å². The number of benzene rings is 2. The van der Waals surface area contributed by atoms with Crippen molar-refractivity contribution in [3.05, 3.63) is 59.7 Å². The van der Waals surface area contributed by atoms with Crippen LogP contribution in [0.1, 0.15) is 17.5 Å². The number of nitrogen functional groups attached to an aromatic ring is 1. The maximum atomic E-state index is 5.80. The van der Waals surface area contributed by atoms with E-state index < -0.39 is 0 Å². The number of rotatable bonds is 4. The van der Waals surface area contributed by atoms with Crippen LogP contribution < -0.4 is 10.5 Å². The molecule has 0 fully saturated rings. The fourth-order valence-corrected chi connectivity index (χ4v) is 2.86. The number of nitrogens with two attached hydrogens (primary N) is 1. The molecule has 2 N–H and O–H groups in total. The van der Waals surface area contributed by atoms with Crippen molar-refractivity contribution < 1.29 is 4.74 Å². The van der Waals surface area contributed by atoms with Crippen molar-refractivity contribution in [2.75, 3.05) is 25.4 Å². The quantitative estimate of drug-likeness (QED) is 0.876. The topological polar surface area (TPSA) is 38.5 Å². The third-order valence-corrected chi connectivity index (χ3v) is 3.97. The summed E-state index contributed by atoms with van der Waals surface area (Å²) < 4.78 is 5.80. The average Bonchev–Trinajstić information content (AvgIpc) is 2.69. The molecule has 2 aromatic rings. The lowest BCUT2D eigenvalue weighted by molar-refractivity contribution is 0.205. The lowest BCUT2D eigenvalue weighted by Crippen LogP contribution is -2.28. The van der Waals surface area contributed by atoms with Crippen LogP contribution in [0.25, 0.3) is 0 Å². The van der Waals surface area contributed by atoms with Crippen molar-refractivity contribution in [1.29, 1.82) is 0 Å². The van der Waals surface area contributed by atoms with E-state index in [-0.39, 0.29) is 0 Å². The second-order valence-corrected chi connectivity index (χ2v) is 5.57. The number of aryl methyl sites for hydroxylation is 1. The standard InChI is InChI=1S/C18H22N2O/c19-17-8-3-9-18(13-17)21-12-11-20-10-4-7-15-5-1-2-6-16(15)14-20/h1-3,5-6,8-9,13H,4,7,10-12,14,19H2. The van der Waals surface area contributed by atoms with Gasteiger partial charge in [-0.25, -0.2) is 0 Å².